The molecule has 0 aliphatic carbocycles. The molecule has 1 atom stereocenters. The van der Waals surface area contributed by atoms with Crippen molar-refractivity contribution in [3.63, 3.8) is 0 Å². The summed E-state index contributed by atoms with van der Waals surface area (Å²) in [5.41, 5.74) is 2.38. The van der Waals surface area contributed by atoms with E-state index in [1.165, 1.54) is 4.90 Å². The average Bonchev–Trinajstić information content (AvgIpc) is 2.86. The summed E-state index contributed by atoms with van der Waals surface area (Å²) in [6.45, 7) is 8.12. The van der Waals surface area contributed by atoms with Crippen molar-refractivity contribution in [3.05, 3.63) is 77.9 Å². The summed E-state index contributed by atoms with van der Waals surface area (Å²) < 4.78 is 27.0. The van der Waals surface area contributed by atoms with Crippen LogP contribution in [0.15, 0.2) is 66.7 Å². The molecular weight excluding hydrogens is 486 g/mol. The molecule has 0 bridgehead atoms. The van der Waals surface area contributed by atoms with Crippen molar-refractivity contribution < 1.29 is 18.0 Å². The molecule has 37 heavy (non-hydrogen) atoms. The quantitative estimate of drug-likeness (QED) is 0.401. The number of fused-ring (bicyclic) bond motifs is 1. The van der Waals surface area contributed by atoms with E-state index in [-0.39, 0.29) is 18.4 Å². The van der Waals surface area contributed by atoms with Gasteiger partial charge in [0.2, 0.25) is 21.8 Å². The minimum Gasteiger partial charge on any atom is -0.354 e. The smallest absolute Gasteiger partial charge is 0.244 e. The van der Waals surface area contributed by atoms with Crippen LogP contribution in [0.5, 0.6) is 0 Å². The van der Waals surface area contributed by atoms with Crippen LogP contribution in [0.2, 0.25) is 0 Å². The van der Waals surface area contributed by atoms with Crippen LogP contribution in [0.25, 0.3) is 10.8 Å². The Morgan fingerprint density at radius 2 is 1.59 bits per heavy atom. The molecule has 3 aromatic rings. The molecule has 0 unspecified atom stereocenters. The van der Waals surface area contributed by atoms with Crippen molar-refractivity contribution in [2.75, 3.05) is 23.7 Å². The van der Waals surface area contributed by atoms with Gasteiger partial charge in [0.1, 0.15) is 12.6 Å². The number of carbonyl (C=O) groups is 2. The molecular formula is C29H37N3O4S. The molecule has 0 saturated carbocycles. The van der Waals surface area contributed by atoms with E-state index in [2.05, 4.69) is 5.32 Å². The number of nitrogens with one attached hydrogen (secondary N) is 1. The zero-order valence-corrected chi connectivity index (χ0v) is 23.1. The summed E-state index contributed by atoms with van der Waals surface area (Å²) in [6.07, 6.45) is 1.49. The highest BCUT2D eigenvalue weighted by molar-refractivity contribution is 7.92. The Bertz CT molecular complexity index is 1330. The Morgan fingerprint density at radius 1 is 0.946 bits per heavy atom. The SMILES string of the molecule is CC[C@@H](C(=O)NCC(C)C)N(Cc1ccc(C)cc1)C(=O)CN(c1cccc2ccccc12)S(C)(=O)=O. The van der Waals surface area contributed by atoms with Gasteiger partial charge < -0.3 is 10.2 Å². The lowest BCUT2D eigenvalue weighted by Crippen LogP contribution is -2.52. The summed E-state index contributed by atoms with van der Waals surface area (Å²) in [5.74, 6) is -0.423. The van der Waals surface area contributed by atoms with E-state index in [0.29, 0.717) is 18.7 Å². The average molecular weight is 524 g/mol. The number of nitrogens with zero attached hydrogens (tertiary/aromatic N) is 2. The first-order chi connectivity index (χ1) is 17.5. The molecule has 2 amide bonds. The second-order valence-corrected chi connectivity index (χ2v) is 11.7. The monoisotopic (exact) mass is 523 g/mol. The molecule has 0 radical (unpaired) electrons. The van der Waals surface area contributed by atoms with Crippen molar-refractivity contribution in [3.8, 4) is 0 Å². The summed E-state index contributed by atoms with van der Waals surface area (Å²) in [4.78, 5) is 28.5. The Kier molecular flexibility index (Phi) is 9.32. The minimum absolute atomic E-state index is 0.194. The normalized spacial score (nSPS) is 12.4. The Morgan fingerprint density at radius 3 is 2.22 bits per heavy atom. The molecule has 0 aromatic heterocycles. The van der Waals surface area contributed by atoms with Gasteiger partial charge in [0, 0.05) is 18.5 Å². The molecule has 3 rings (SSSR count). The lowest BCUT2D eigenvalue weighted by atomic mass is 10.1. The van der Waals surface area contributed by atoms with E-state index < -0.39 is 28.5 Å². The number of benzene rings is 3. The third-order valence-corrected chi connectivity index (χ3v) is 7.38. The number of sulfonamides is 1. The van der Waals surface area contributed by atoms with Gasteiger partial charge in [-0.15, -0.1) is 0 Å². The second kappa shape index (κ2) is 12.2. The van der Waals surface area contributed by atoms with Gasteiger partial charge in [-0.2, -0.15) is 0 Å². The number of aryl methyl sites for hydroxylation is 1. The highest BCUT2D eigenvalue weighted by Crippen LogP contribution is 2.29. The van der Waals surface area contributed by atoms with Crippen LogP contribution in [0.1, 0.15) is 38.3 Å². The van der Waals surface area contributed by atoms with Crippen LogP contribution in [0, 0.1) is 12.8 Å². The van der Waals surface area contributed by atoms with Crippen LogP contribution < -0.4 is 9.62 Å². The van der Waals surface area contributed by atoms with Crippen molar-refractivity contribution in [2.45, 2.75) is 46.7 Å². The molecule has 0 saturated heterocycles. The molecule has 0 fully saturated rings. The van der Waals surface area contributed by atoms with E-state index in [1.54, 1.807) is 12.1 Å². The number of rotatable bonds is 11. The Labute approximate surface area is 220 Å². The fourth-order valence-corrected chi connectivity index (χ4v) is 5.11. The summed E-state index contributed by atoms with van der Waals surface area (Å²) in [5, 5.41) is 4.54. The van der Waals surface area contributed by atoms with E-state index >= 15 is 0 Å². The third-order valence-electron chi connectivity index (χ3n) is 6.26. The fraction of sp³-hybridized carbons (Fsp3) is 0.379. The van der Waals surface area contributed by atoms with Gasteiger partial charge >= 0.3 is 0 Å². The zero-order valence-electron chi connectivity index (χ0n) is 22.3. The first-order valence-corrected chi connectivity index (χ1v) is 14.4. The molecule has 0 heterocycles. The van der Waals surface area contributed by atoms with Gasteiger partial charge in [-0.25, -0.2) is 8.42 Å². The highest BCUT2D eigenvalue weighted by atomic mass is 32.2. The van der Waals surface area contributed by atoms with Crippen LogP contribution in [-0.4, -0.2) is 50.5 Å². The van der Waals surface area contributed by atoms with Gasteiger partial charge in [0.25, 0.3) is 0 Å². The maximum atomic E-state index is 13.9. The summed E-state index contributed by atoms with van der Waals surface area (Å²) >= 11 is 0. The van der Waals surface area contributed by atoms with Gasteiger partial charge in [0.15, 0.2) is 0 Å². The largest absolute Gasteiger partial charge is 0.354 e. The molecule has 8 heteroatoms. The molecule has 0 aliphatic rings. The lowest BCUT2D eigenvalue weighted by molar-refractivity contribution is -0.140. The molecule has 7 nitrogen and oxygen atoms in total. The summed E-state index contributed by atoms with van der Waals surface area (Å²) in [6, 6.07) is 19.9. The lowest BCUT2D eigenvalue weighted by Gasteiger charge is -2.33. The van der Waals surface area contributed by atoms with Gasteiger partial charge in [-0.1, -0.05) is 87.0 Å². The number of amides is 2. The number of hydrogen-bond acceptors (Lipinski definition) is 4. The van der Waals surface area contributed by atoms with E-state index in [0.717, 1.165) is 32.5 Å². The van der Waals surface area contributed by atoms with E-state index in [1.807, 2.05) is 82.3 Å². The number of anilines is 1. The Hall–Kier alpha value is -3.39. The molecule has 1 N–H and O–H groups in total. The predicted octanol–water partition coefficient (Wildman–Crippen LogP) is 4.49. The predicted molar refractivity (Wildman–Crippen MR) is 150 cm³/mol. The first kappa shape index (κ1) is 28.2. The van der Waals surface area contributed by atoms with Gasteiger partial charge in [-0.05, 0) is 36.3 Å². The fourth-order valence-electron chi connectivity index (χ4n) is 4.25. The van der Waals surface area contributed by atoms with E-state index in [4.69, 9.17) is 0 Å². The third kappa shape index (κ3) is 7.32. The molecule has 198 valence electrons. The van der Waals surface area contributed by atoms with Crippen LogP contribution in [-0.2, 0) is 26.2 Å². The highest BCUT2D eigenvalue weighted by Gasteiger charge is 2.32. The minimum atomic E-state index is -3.81. The summed E-state index contributed by atoms with van der Waals surface area (Å²) in [7, 11) is -3.81. The number of hydrogen-bond donors (Lipinski definition) is 1. The zero-order chi connectivity index (χ0) is 27.2. The second-order valence-electron chi connectivity index (χ2n) is 9.84. The first-order valence-electron chi connectivity index (χ1n) is 12.6. The van der Waals surface area contributed by atoms with E-state index in [9.17, 15) is 18.0 Å². The van der Waals surface area contributed by atoms with Crippen LogP contribution in [0.3, 0.4) is 0 Å². The van der Waals surface area contributed by atoms with Crippen molar-refractivity contribution in [2.24, 2.45) is 5.92 Å². The number of carbonyl (C=O) groups excluding carboxylic acids is 2. The van der Waals surface area contributed by atoms with Crippen molar-refractivity contribution in [1.29, 1.82) is 0 Å². The maximum Gasteiger partial charge on any atom is 0.244 e. The van der Waals surface area contributed by atoms with Gasteiger partial charge in [-0.3, -0.25) is 13.9 Å². The van der Waals surface area contributed by atoms with Crippen LogP contribution >= 0.6 is 0 Å². The van der Waals surface area contributed by atoms with Crippen molar-refractivity contribution in [1.82, 2.24) is 10.2 Å². The van der Waals surface area contributed by atoms with Crippen molar-refractivity contribution >= 4 is 38.3 Å². The molecule has 0 aliphatic heterocycles. The topological polar surface area (TPSA) is 86.8 Å². The van der Waals surface area contributed by atoms with Gasteiger partial charge in [0.05, 0.1) is 11.9 Å². The molecule has 3 aromatic carbocycles. The van der Waals surface area contributed by atoms with Crippen LogP contribution in [0.4, 0.5) is 5.69 Å². The molecule has 0 spiro atoms. The maximum absolute atomic E-state index is 13.9. The Balaban J connectivity index is 2.00. The standard InChI is InChI=1S/C29H37N3O4S/c1-6-26(29(34)30-18-21(2)3)31(19-23-16-14-22(4)15-17-23)28(33)20-32(37(5,35)36)27-13-9-11-24-10-7-8-12-25(24)27/h7-17,21,26H,6,18-20H2,1-5H3,(H,30,34)/t26-/m0/s1.